The highest BCUT2D eigenvalue weighted by Gasteiger charge is 2.40. The number of carbonyl (C=O) groups is 3. The van der Waals surface area contributed by atoms with Crippen LogP contribution in [0.5, 0.6) is 5.75 Å². The van der Waals surface area contributed by atoms with Crippen LogP contribution in [-0.2, 0) is 25.5 Å². The molecule has 0 bridgehead atoms. The van der Waals surface area contributed by atoms with E-state index in [1.54, 1.807) is 36.5 Å². The van der Waals surface area contributed by atoms with Gasteiger partial charge in [-0.2, -0.15) is 13.2 Å². The molecular formula is C49H55F4N9O6S. The number of thiophene rings is 1. The van der Waals surface area contributed by atoms with Crippen molar-refractivity contribution in [2.75, 3.05) is 34.0 Å². The fourth-order valence-corrected chi connectivity index (χ4v) is 10.9. The van der Waals surface area contributed by atoms with E-state index < -0.39 is 42.8 Å². The molecule has 2 aromatic carbocycles. The second kappa shape index (κ2) is 19.3. The molecule has 3 amide bonds. The Hall–Kier alpha value is -6.25. The van der Waals surface area contributed by atoms with Crippen molar-refractivity contribution in [2.24, 2.45) is 11.8 Å². The van der Waals surface area contributed by atoms with Crippen molar-refractivity contribution < 1.29 is 46.2 Å². The lowest BCUT2D eigenvalue weighted by Gasteiger charge is -2.30. The van der Waals surface area contributed by atoms with Crippen molar-refractivity contribution in [3.63, 3.8) is 0 Å². The van der Waals surface area contributed by atoms with Crippen LogP contribution in [0.2, 0.25) is 0 Å². The number of amides is 3. The number of carbonyl (C=O) groups excluding carboxylic acids is 3. The van der Waals surface area contributed by atoms with E-state index in [1.165, 1.54) is 19.2 Å². The number of hydrogen-bond acceptors (Lipinski definition) is 10. The van der Waals surface area contributed by atoms with E-state index in [-0.39, 0.29) is 58.7 Å². The second-order valence-corrected chi connectivity index (χ2v) is 19.7. The van der Waals surface area contributed by atoms with Crippen LogP contribution in [0.4, 0.5) is 22.4 Å². The van der Waals surface area contributed by atoms with E-state index in [2.05, 4.69) is 25.6 Å². The summed E-state index contributed by atoms with van der Waals surface area (Å²) in [5.41, 5.74) is 3.70. The number of aromatic nitrogens is 5. The van der Waals surface area contributed by atoms with Gasteiger partial charge in [0.2, 0.25) is 18.0 Å². The monoisotopic (exact) mass is 973 g/mol. The van der Waals surface area contributed by atoms with Gasteiger partial charge in [-0.05, 0) is 80.0 Å². The number of imidazole rings is 2. The molecule has 2 fully saturated rings. The van der Waals surface area contributed by atoms with Gasteiger partial charge in [0.15, 0.2) is 0 Å². The van der Waals surface area contributed by atoms with Gasteiger partial charge in [0, 0.05) is 41.6 Å². The summed E-state index contributed by atoms with van der Waals surface area (Å²) in [6.07, 6.45) is -0.942. The molecule has 6 aromatic rings. The van der Waals surface area contributed by atoms with Gasteiger partial charge in [-0.1, -0.05) is 33.8 Å². The first-order valence-corrected chi connectivity index (χ1v) is 23.9. The quantitative estimate of drug-likeness (QED) is 0.0614. The van der Waals surface area contributed by atoms with E-state index in [0.29, 0.717) is 76.0 Å². The second-order valence-electron chi connectivity index (χ2n) is 18.5. The molecule has 4 aromatic heterocycles. The molecule has 1 unspecified atom stereocenters. The van der Waals surface area contributed by atoms with Crippen LogP contribution in [0.15, 0.2) is 60.9 Å². The van der Waals surface area contributed by atoms with Crippen molar-refractivity contribution >= 4 is 40.1 Å². The summed E-state index contributed by atoms with van der Waals surface area (Å²) in [4.78, 5) is 60.0. The highest BCUT2D eigenvalue weighted by atomic mass is 32.1. The minimum absolute atomic E-state index is 0.00987. The number of fused-ring (bicyclic) bond motifs is 5. The fraction of sp³-hybridized carbons (Fsp3) is 0.449. The standard InChI is InChI=1S/C49H55F4N9O6S/c1-25(2)41(56-24-66-5)45(63)60-15-7-9-35(60)44-55-23-33(58-44)28-18-31(50)40-37-19-29-17-27(11-13-34(29)62(37)47(68-38(40)20-28)39-14-12-30(69-39)21-49(51,52)53)32-22-54-43(57-32)36-10-8-16-61(36)46(64)42(26(3)4)59-48(65)67-6/h11-14,17-20,22-23,25-26,35-36,41-42,47,56H,7-10,15-16,21,24H2,1-6H3,(H,54,57)(H,55,58)(H,59,65)/t35-,36-,41-,42-,47?/m0/s1. The van der Waals surface area contributed by atoms with Crippen LogP contribution >= 0.6 is 11.3 Å². The third-order valence-corrected chi connectivity index (χ3v) is 14.3. The van der Waals surface area contributed by atoms with Crippen LogP contribution in [0.25, 0.3) is 44.7 Å². The third-order valence-electron chi connectivity index (χ3n) is 13.2. The number of rotatable bonds is 14. The highest BCUT2D eigenvalue weighted by Crippen LogP contribution is 2.49. The average molecular weight is 974 g/mol. The number of alkyl carbamates (subject to hydrolysis) is 1. The molecule has 20 heteroatoms. The molecular weight excluding hydrogens is 919 g/mol. The summed E-state index contributed by atoms with van der Waals surface area (Å²) < 4.78 is 76.1. The Kier molecular flexibility index (Phi) is 13.3. The molecule has 0 spiro atoms. The molecule has 69 heavy (non-hydrogen) atoms. The van der Waals surface area contributed by atoms with Gasteiger partial charge in [-0.3, -0.25) is 19.5 Å². The lowest BCUT2D eigenvalue weighted by molar-refractivity contribution is -0.136. The zero-order valence-electron chi connectivity index (χ0n) is 39.1. The number of alkyl halides is 3. The van der Waals surface area contributed by atoms with Crippen LogP contribution in [0.3, 0.4) is 0 Å². The number of nitrogens with one attached hydrogen (secondary N) is 4. The Bertz CT molecular complexity index is 2870. The first-order valence-electron chi connectivity index (χ1n) is 23.1. The van der Waals surface area contributed by atoms with Crippen molar-refractivity contribution in [1.29, 1.82) is 0 Å². The van der Waals surface area contributed by atoms with Gasteiger partial charge in [0.1, 0.15) is 29.3 Å². The molecule has 7 heterocycles. The van der Waals surface area contributed by atoms with Crippen molar-refractivity contribution in [1.82, 2.24) is 44.9 Å². The molecule has 15 nitrogen and oxygen atoms in total. The van der Waals surface area contributed by atoms with Gasteiger partial charge in [-0.15, -0.1) is 11.3 Å². The number of ether oxygens (including phenoxy) is 3. The number of nitrogens with zero attached hydrogens (tertiary/aromatic N) is 5. The normalized spacial score (nSPS) is 19.0. The van der Waals surface area contributed by atoms with E-state index in [0.717, 1.165) is 29.7 Å². The zero-order chi connectivity index (χ0) is 48.9. The predicted molar refractivity (Wildman–Crippen MR) is 251 cm³/mol. The minimum Gasteiger partial charge on any atom is -0.464 e. The maximum absolute atomic E-state index is 16.9. The maximum Gasteiger partial charge on any atom is 0.407 e. The molecule has 5 atom stereocenters. The summed E-state index contributed by atoms with van der Waals surface area (Å²) >= 11 is 0.985. The van der Waals surface area contributed by atoms with E-state index in [9.17, 15) is 27.6 Å². The van der Waals surface area contributed by atoms with Crippen molar-refractivity contribution in [2.45, 2.75) is 96.4 Å². The Labute approximate surface area is 399 Å². The molecule has 3 aliphatic heterocycles. The predicted octanol–water partition coefficient (Wildman–Crippen LogP) is 9.26. The molecule has 2 saturated heterocycles. The van der Waals surface area contributed by atoms with Gasteiger partial charge in [-0.25, -0.2) is 19.2 Å². The van der Waals surface area contributed by atoms with Crippen LogP contribution in [0, 0.1) is 17.7 Å². The number of likely N-dealkylation sites (tertiary alicyclic amines) is 2. The Morgan fingerprint density at radius 3 is 2.10 bits per heavy atom. The maximum atomic E-state index is 16.9. The molecule has 0 saturated carbocycles. The largest absolute Gasteiger partial charge is 0.464 e. The SMILES string of the molecule is COCN[C@H](C(=O)N1CCC[C@H]1c1ncc(-c2cc(F)c3c(c2)OC(c2ccc(CC(F)(F)F)s2)n2c-3cc3cc(-c4cnc([C@@H]5CCCN5C(=O)[C@@H](NC(=O)OC)C(C)C)[nH]4)ccc32)[nH]1)C(C)C. The van der Waals surface area contributed by atoms with Crippen molar-refractivity contribution in [3.05, 3.63) is 88.1 Å². The molecule has 0 radical (unpaired) electrons. The van der Waals surface area contributed by atoms with E-state index >= 15 is 4.39 Å². The summed E-state index contributed by atoms with van der Waals surface area (Å²) in [6, 6.07) is 11.8. The van der Waals surface area contributed by atoms with Crippen molar-refractivity contribution in [3.8, 4) is 39.5 Å². The van der Waals surface area contributed by atoms with E-state index in [4.69, 9.17) is 19.2 Å². The Balaban J connectivity index is 1.04. The lowest BCUT2D eigenvalue weighted by Crippen LogP contribution is -2.51. The van der Waals surface area contributed by atoms with E-state index in [1.807, 2.05) is 61.4 Å². The van der Waals surface area contributed by atoms with Crippen LogP contribution in [-0.4, -0.2) is 105 Å². The Morgan fingerprint density at radius 2 is 1.49 bits per heavy atom. The zero-order valence-corrected chi connectivity index (χ0v) is 39.9. The molecule has 9 rings (SSSR count). The minimum atomic E-state index is -4.42. The topological polar surface area (TPSA) is 172 Å². The fourth-order valence-electron chi connectivity index (χ4n) is 9.88. The highest BCUT2D eigenvalue weighted by molar-refractivity contribution is 7.12. The summed E-state index contributed by atoms with van der Waals surface area (Å²) in [5, 5.41) is 6.57. The number of halogens is 4. The number of hydrogen-bond donors (Lipinski definition) is 4. The van der Waals surface area contributed by atoms with Gasteiger partial charge in [0.25, 0.3) is 0 Å². The summed E-state index contributed by atoms with van der Waals surface area (Å²) in [5.74, 6) is 0.316. The number of benzene rings is 2. The molecule has 3 aliphatic rings. The lowest BCUT2D eigenvalue weighted by atomic mass is 10.0. The number of methoxy groups -OCH3 is 2. The molecule has 0 aliphatic carbocycles. The van der Waals surface area contributed by atoms with Gasteiger partial charge < -0.3 is 39.3 Å². The average Bonchev–Trinajstić information content (AvgIpc) is 4.17. The van der Waals surface area contributed by atoms with Gasteiger partial charge in [0.05, 0.1) is 83.8 Å². The molecule has 366 valence electrons. The first kappa shape index (κ1) is 47.8. The Morgan fingerprint density at radius 1 is 0.855 bits per heavy atom. The van der Waals surface area contributed by atoms with Crippen LogP contribution < -0.4 is 15.4 Å². The van der Waals surface area contributed by atoms with Gasteiger partial charge >= 0.3 is 12.3 Å². The summed E-state index contributed by atoms with van der Waals surface area (Å²) in [6.45, 7) is 8.94. The summed E-state index contributed by atoms with van der Waals surface area (Å²) in [7, 11) is 2.81. The number of H-pyrrole nitrogens is 2. The first-order chi connectivity index (χ1) is 33.0. The third kappa shape index (κ3) is 9.45. The number of aromatic amines is 2. The molecule has 4 N–H and O–H groups in total. The van der Waals surface area contributed by atoms with Crippen LogP contribution in [0.1, 0.15) is 93.1 Å². The smallest absolute Gasteiger partial charge is 0.407 e.